The minimum Gasteiger partial charge on any atom is -0.336 e. The summed E-state index contributed by atoms with van der Waals surface area (Å²) in [5.74, 6) is 1.95. The van der Waals surface area contributed by atoms with Crippen molar-refractivity contribution in [3.05, 3.63) is 0 Å². The van der Waals surface area contributed by atoms with E-state index in [1.165, 1.54) is 0 Å². The Balaban J connectivity index is 1.40. The molecule has 2 heterocycles. The van der Waals surface area contributed by atoms with Gasteiger partial charge in [-0.2, -0.15) is 0 Å². The number of thioether (sulfide) groups is 1. The van der Waals surface area contributed by atoms with Gasteiger partial charge in [0.1, 0.15) is 0 Å². The molecule has 0 aromatic carbocycles. The highest BCUT2D eigenvalue weighted by molar-refractivity contribution is 8.78. The minimum atomic E-state index is 0.0675. The molecule has 0 bridgehead atoms. The van der Waals surface area contributed by atoms with E-state index in [9.17, 15) is 9.59 Å². The van der Waals surface area contributed by atoms with Crippen LogP contribution in [0.1, 0.15) is 0 Å². The lowest BCUT2D eigenvalue weighted by Crippen LogP contribution is -2.31. The molecule has 0 atom stereocenters. The summed E-state index contributed by atoms with van der Waals surface area (Å²) in [6, 6.07) is 0.219. The van der Waals surface area contributed by atoms with E-state index in [1.807, 2.05) is 50.2 Å². The quantitative estimate of drug-likeness (QED) is 0.387. The molecule has 0 saturated carbocycles. The molecule has 0 radical (unpaired) electrons. The van der Waals surface area contributed by atoms with Gasteiger partial charge in [0.05, 0.1) is 0 Å². The van der Waals surface area contributed by atoms with E-state index in [4.69, 9.17) is 0 Å². The number of hydrogen-bond donors (Lipinski definition) is 1. The third-order valence-electron chi connectivity index (χ3n) is 3.41. The lowest BCUT2D eigenvalue weighted by atomic mass is 10.6. The van der Waals surface area contributed by atoms with Crippen LogP contribution >= 0.6 is 33.3 Å². The van der Waals surface area contributed by atoms with Crippen molar-refractivity contribution in [1.82, 2.24) is 20.0 Å². The van der Waals surface area contributed by atoms with Crippen LogP contribution in [0.5, 0.6) is 0 Å². The van der Waals surface area contributed by atoms with Crippen molar-refractivity contribution in [3.63, 3.8) is 0 Å². The maximum absolute atomic E-state index is 11.7. The molecular weight excluding hydrogens is 328 g/mol. The molecule has 6 nitrogen and oxygen atoms in total. The van der Waals surface area contributed by atoms with Crippen LogP contribution in [0.15, 0.2) is 0 Å². The van der Waals surface area contributed by atoms with Gasteiger partial charge in [-0.1, -0.05) is 21.6 Å². The summed E-state index contributed by atoms with van der Waals surface area (Å²) >= 11 is 1.86. The first-order valence-corrected chi connectivity index (χ1v) is 10.7. The molecule has 1 N–H and O–H groups in total. The van der Waals surface area contributed by atoms with Crippen molar-refractivity contribution in [2.45, 2.75) is 0 Å². The van der Waals surface area contributed by atoms with E-state index in [1.54, 1.807) is 4.90 Å². The second-order valence-corrected chi connectivity index (χ2v) is 8.93. The van der Waals surface area contributed by atoms with Gasteiger partial charge in [0.25, 0.3) is 0 Å². The summed E-state index contributed by atoms with van der Waals surface area (Å²) < 4.78 is 0. The number of carbonyl (C=O) groups is 2. The third kappa shape index (κ3) is 5.37. The molecule has 0 aliphatic carbocycles. The highest BCUT2D eigenvalue weighted by Gasteiger charge is 2.24. The Morgan fingerprint density at radius 1 is 1.05 bits per heavy atom. The van der Waals surface area contributed by atoms with Gasteiger partial charge in [0, 0.05) is 62.9 Å². The Morgan fingerprint density at radius 3 is 2.52 bits per heavy atom. The fraction of sp³-hybridized carbons (Fsp3) is 0.833. The highest BCUT2D eigenvalue weighted by Crippen LogP contribution is 2.26. The Kier molecular flexibility index (Phi) is 7.18. The lowest BCUT2D eigenvalue weighted by molar-refractivity contribution is 0.201. The molecular formula is C12H22N4O2S3. The zero-order valence-electron chi connectivity index (χ0n) is 12.2. The monoisotopic (exact) mass is 350 g/mol. The summed E-state index contributed by atoms with van der Waals surface area (Å²) in [4.78, 5) is 28.5. The normalized spacial score (nSPS) is 18.8. The molecule has 0 unspecified atom stereocenters. The smallest absolute Gasteiger partial charge is 0.319 e. The summed E-state index contributed by atoms with van der Waals surface area (Å²) in [5, 5.41) is 3.83. The van der Waals surface area contributed by atoms with Gasteiger partial charge in [0.2, 0.25) is 0 Å². The van der Waals surface area contributed by atoms with Gasteiger partial charge >= 0.3 is 12.1 Å². The molecule has 2 aliphatic heterocycles. The molecule has 2 aliphatic rings. The van der Waals surface area contributed by atoms with Crippen molar-refractivity contribution in [2.75, 3.05) is 62.9 Å². The number of nitrogens with zero attached hydrogens (tertiary/aromatic N) is 3. The van der Waals surface area contributed by atoms with Crippen molar-refractivity contribution >= 4 is 45.4 Å². The number of urea groups is 2. The van der Waals surface area contributed by atoms with E-state index in [0.29, 0.717) is 0 Å². The average molecular weight is 351 g/mol. The zero-order valence-corrected chi connectivity index (χ0v) is 14.7. The van der Waals surface area contributed by atoms with Crippen LogP contribution in [0.25, 0.3) is 0 Å². The van der Waals surface area contributed by atoms with Gasteiger partial charge in [0.15, 0.2) is 0 Å². The largest absolute Gasteiger partial charge is 0.336 e. The summed E-state index contributed by atoms with van der Waals surface area (Å²) in [7, 11) is 5.50. The van der Waals surface area contributed by atoms with Gasteiger partial charge in [-0.15, -0.1) is 11.8 Å². The maximum atomic E-state index is 11.7. The lowest BCUT2D eigenvalue weighted by Gasteiger charge is -2.15. The van der Waals surface area contributed by atoms with Crippen LogP contribution in [0, 0.1) is 0 Å². The summed E-state index contributed by atoms with van der Waals surface area (Å²) in [5.41, 5.74) is 0. The number of rotatable bonds is 9. The van der Waals surface area contributed by atoms with E-state index < -0.39 is 0 Å². The van der Waals surface area contributed by atoms with Crippen LogP contribution in [-0.2, 0) is 0 Å². The number of nitrogens with one attached hydrogen (secondary N) is 1. The van der Waals surface area contributed by atoms with Crippen molar-refractivity contribution in [1.29, 1.82) is 0 Å². The van der Waals surface area contributed by atoms with Crippen LogP contribution in [-0.4, -0.2) is 89.7 Å². The SMILES string of the molecule is CN1CCN(CCSSCSCCN2CCNC2=O)C1=O. The molecule has 4 amide bonds. The second-order valence-electron chi connectivity index (χ2n) is 4.88. The molecule has 120 valence electrons. The molecule has 2 fully saturated rings. The molecule has 2 saturated heterocycles. The molecule has 2 rings (SSSR count). The van der Waals surface area contributed by atoms with Gasteiger partial charge in [-0.3, -0.25) is 0 Å². The average Bonchev–Trinajstić information content (AvgIpc) is 3.02. The fourth-order valence-electron chi connectivity index (χ4n) is 2.14. The number of likely N-dealkylation sites (N-methyl/N-ethyl adjacent to an activating group) is 1. The number of hydrogen-bond acceptors (Lipinski definition) is 5. The molecule has 0 spiro atoms. The summed E-state index contributed by atoms with van der Waals surface area (Å²) in [6.45, 7) is 4.97. The molecule has 0 aromatic rings. The molecule has 21 heavy (non-hydrogen) atoms. The predicted molar refractivity (Wildman–Crippen MR) is 91.9 cm³/mol. The Labute approximate surface area is 138 Å². The van der Waals surface area contributed by atoms with E-state index >= 15 is 0 Å². The van der Waals surface area contributed by atoms with E-state index in [2.05, 4.69) is 5.32 Å². The van der Waals surface area contributed by atoms with Crippen molar-refractivity contribution in [3.8, 4) is 0 Å². The van der Waals surface area contributed by atoms with E-state index in [-0.39, 0.29) is 12.1 Å². The van der Waals surface area contributed by atoms with Gasteiger partial charge in [-0.05, 0) is 0 Å². The van der Waals surface area contributed by atoms with Gasteiger partial charge < -0.3 is 20.0 Å². The molecule has 9 heteroatoms. The first kappa shape index (κ1) is 17.0. The Hall–Kier alpha value is -0.410. The highest BCUT2D eigenvalue weighted by atomic mass is 33.1. The van der Waals surface area contributed by atoms with Crippen LogP contribution in [0.3, 0.4) is 0 Å². The topological polar surface area (TPSA) is 55.9 Å². The number of carbonyl (C=O) groups excluding carboxylic acids is 2. The predicted octanol–water partition coefficient (Wildman–Crippen LogP) is 1.45. The first-order valence-electron chi connectivity index (χ1n) is 7.03. The van der Waals surface area contributed by atoms with Crippen LogP contribution in [0.2, 0.25) is 0 Å². The Bertz CT molecular complexity index is 372. The van der Waals surface area contributed by atoms with Crippen molar-refractivity contribution in [2.24, 2.45) is 0 Å². The fourth-order valence-corrected chi connectivity index (χ4v) is 5.72. The minimum absolute atomic E-state index is 0.0675. The third-order valence-corrected chi connectivity index (χ3v) is 7.32. The van der Waals surface area contributed by atoms with Crippen LogP contribution in [0.4, 0.5) is 9.59 Å². The molecule has 0 aromatic heterocycles. The second kappa shape index (κ2) is 8.89. The number of amides is 4. The first-order chi connectivity index (χ1) is 10.2. The zero-order chi connectivity index (χ0) is 15.1. The van der Waals surface area contributed by atoms with E-state index in [0.717, 1.165) is 55.9 Å². The maximum Gasteiger partial charge on any atom is 0.319 e. The standard InChI is InChI=1S/C12H22N4O2S3/c1-14-4-5-16(12(14)18)7-9-20-21-10-19-8-6-15-3-2-13-11(15)17/h2-10H2,1H3,(H,13,17). The van der Waals surface area contributed by atoms with Crippen molar-refractivity contribution < 1.29 is 9.59 Å². The van der Waals surface area contributed by atoms with Gasteiger partial charge in [-0.25, -0.2) is 9.59 Å². The van der Waals surface area contributed by atoms with Crippen LogP contribution < -0.4 is 5.32 Å². The Morgan fingerprint density at radius 2 is 1.86 bits per heavy atom. The summed E-state index contributed by atoms with van der Waals surface area (Å²) in [6.07, 6.45) is 0.